The summed E-state index contributed by atoms with van der Waals surface area (Å²) in [6.45, 7) is 2.43. The molecular weight excluding hydrogens is 452 g/mol. The van der Waals surface area contributed by atoms with Crippen molar-refractivity contribution < 1.29 is 14.3 Å². The highest BCUT2D eigenvalue weighted by atomic mass is 16.5. The number of benzene rings is 3. The van der Waals surface area contributed by atoms with Crippen molar-refractivity contribution in [1.82, 2.24) is 14.9 Å². The van der Waals surface area contributed by atoms with E-state index >= 15 is 0 Å². The highest BCUT2D eigenvalue weighted by Crippen LogP contribution is 2.42. The minimum absolute atomic E-state index is 0.0955. The van der Waals surface area contributed by atoms with Crippen LogP contribution in [0.15, 0.2) is 84.0 Å². The lowest BCUT2D eigenvalue weighted by Gasteiger charge is -2.45. The summed E-state index contributed by atoms with van der Waals surface area (Å²) >= 11 is 0. The molecule has 36 heavy (non-hydrogen) atoms. The smallest absolute Gasteiger partial charge is 0.266 e. The number of nitrogens with zero attached hydrogens (tertiary/aromatic N) is 3. The highest BCUT2D eigenvalue weighted by Gasteiger charge is 2.48. The molecule has 2 amide bonds. The van der Waals surface area contributed by atoms with Gasteiger partial charge in [0.05, 0.1) is 18.9 Å². The lowest BCUT2D eigenvalue weighted by molar-refractivity contribution is -0.158. The highest BCUT2D eigenvalue weighted by molar-refractivity contribution is 5.98. The normalized spacial score (nSPS) is 19.6. The molecule has 0 aliphatic carbocycles. The lowest BCUT2D eigenvalue weighted by atomic mass is 9.86. The number of piperazine rings is 1. The third-order valence-corrected chi connectivity index (χ3v) is 6.90. The average molecular weight is 479 g/mol. The standard InChI is InChI=1S/C29H26N4O3/c1-2-36-21-14-12-19(13-15-21)17-30-32-18-26(34)33-25(29(32)35)16-23-22-10-6-7-11-24(22)31-27(23)28(33)20-8-4-3-5-9-20/h3-15,17,25,28,31H,2,16,18H2,1H3/b30-17-/t25-,28+/m0/s1. The van der Waals surface area contributed by atoms with E-state index in [1.54, 1.807) is 11.1 Å². The summed E-state index contributed by atoms with van der Waals surface area (Å²) in [5.41, 5.74) is 4.87. The molecule has 0 saturated carbocycles. The molecule has 3 aromatic carbocycles. The van der Waals surface area contributed by atoms with Crippen molar-refractivity contribution in [3.63, 3.8) is 0 Å². The molecule has 0 spiro atoms. The van der Waals surface area contributed by atoms with Gasteiger partial charge >= 0.3 is 0 Å². The molecule has 1 N–H and O–H groups in total. The summed E-state index contributed by atoms with van der Waals surface area (Å²) in [5, 5.41) is 6.81. The van der Waals surface area contributed by atoms with Gasteiger partial charge in [0.2, 0.25) is 5.91 Å². The number of amides is 2. The van der Waals surface area contributed by atoms with Crippen molar-refractivity contribution in [2.45, 2.75) is 25.4 Å². The Labute approximate surface area is 209 Å². The van der Waals surface area contributed by atoms with Crippen LogP contribution in [-0.4, -0.2) is 52.1 Å². The Morgan fingerprint density at radius 3 is 2.53 bits per heavy atom. The second-order valence-electron chi connectivity index (χ2n) is 9.04. The Balaban J connectivity index is 1.36. The second kappa shape index (κ2) is 9.00. The van der Waals surface area contributed by atoms with Gasteiger partial charge in [0, 0.05) is 23.0 Å². The number of ether oxygens (including phenoxy) is 1. The summed E-state index contributed by atoms with van der Waals surface area (Å²) in [5.74, 6) is 0.480. The van der Waals surface area contributed by atoms with Gasteiger partial charge in [-0.1, -0.05) is 48.5 Å². The molecule has 6 rings (SSSR count). The molecule has 0 unspecified atom stereocenters. The number of para-hydroxylation sites is 1. The number of rotatable bonds is 5. The number of aromatic amines is 1. The monoisotopic (exact) mass is 478 g/mol. The van der Waals surface area contributed by atoms with E-state index < -0.39 is 6.04 Å². The van der Waals surface area contributed by atoms with E-state index in [1.807, 2.05) is 79.7 Å². The molecule has 7 nitrogen and oxygen atoms in total. The minimum atomic E-state index is -0.624. The number of H-pyrrole nitrogens is 1. The van der Waals surface area contributed by atoms with Crippen molar-refractivity contribution in [2.75, 3.05) is 13.2 Å². The van der Waals surface area contributed by atoms with E-state index in [4.69, 9.17) is 4.74 Å². The van der Waals surface area contributed by atoms with Gasteiger partial charge in [0.25, 0.3) is 5.91 Å². The Morgan fingerprint density at radius 1 is 1.00 bits per heavy atom. The first-order valence-electron chi connectivity index (χ1n) is 12.2. The van der Waals surface area contributed by atoms with Crippen molar-refractivity contribution in [2.24, 2.45) is 5.10 Å². The van der Waals surface area contributed by atoms with Crippen LogP contribution in [0.1, 0.15) is 35.3 Å². The maximum atomic E-state index is 13.7. The molecule has 0 bridgehead atoms. The SMILES string of the molecule is CCOc1ccc(/C=N\N2CC(=O)N3[C@H](c4ccccc4)c4[nH]c5ccccc5c4C[C@H]3C2=O)cc1. The van der Waals surface area contributed by atoms with Crippen LogP contribution < -0.4 is 4.74 Å². The van der Waals surface area contributed by atoms with Gasteiger partial charge in [0.1, 0.15) is 18.3 Å². The fraction of sp³-hybridized carbons (Fsp3) is 0.207. The van der Waals surface area contributed by atoms with Gasteiger partial charge in [-0.2, -0.15) is 5.10 Å². The van der Waals surface area contributed by atoms with Gasteiger partial charge in [-0.3, -0.25) is 9.59 Å². The number of hydrogen-bond donors (Lipinski definition) is 1. The molecule has 180 valence electrons. The van der Waals surface area contributed by atoms with Crippen LogP contribution >= 0.6 is 0 Å². The van der Waals surface area contributed by atoms with Crippen molar-refractivity contribution >= 4 is 28.9 Å². The van der Waals surface area contributed by atoms with Crippen LogP contribution in [0.4, 0.5) is 0 Å². The first-order valence-corrected chi connectivity index (χ1v) is 12.2. The Hall–Kier alpha value is -4.39. The summed E-state index contributed by atoms with van der Waals surface area (Å²) in [6.07, 6.45) is 2.06. The van der Waals surface area contributed by atoms with E-state index in [2.05, 4.69) is 16.2 Å². The van der Waals surface area contributed by atoms with Crippen molar-refractivity contribution in [1.29, 1.82) is 0 Å². The Kier molecular flexibility index (Phi) is 5.52. The molecule has 1 aromatic heterocycles. The third kappa shape index (κ3) is 3.73. The largest absolute Gasteiger partial charge is 0.494 e. The summed E-state index contributed by atoms with van der Waals surface area (Å²) < 4.78 is 5.48. The topological polar surface area (TPSA) is 78.0 Å². The average Bonchev–Trinajstić information content (AvgIpc) is 3.28. The van der Waals surface area contributed by atoms with Gasteiger partial charge in [-0.05, 0) is 53.9 Å². The molecule has 0 radical (unpaired) electrons. The van der Waals surface area contributed by atoms with Gasteiger partial charge in [-0.25, -0.2) is 5.01 Å². The van der Waals surface area contributed by atoms with Crippen LogP contribution in [0.2, 0.25) is 0 Å². The predicted molar refractivity (Wildman–Crippen MR) is 138 cm³/mol. The number of hydrogen-bond acceptors (Lipinski definition) is 4. The zero-order valence-electron chi connectivity index (χ0n) is 19.9. The van der Waals surface area contributed by atoms with E-state index in [0.29, 0.717) is 13.0 Å². The van der Waals surface area contributed by atoms with Crippen LogP contribution in [0.25, 0.3) is 10.9 Å². The molecule has 7 heteroatoms. The molecule has 1 saturated heterocycles. The number of carbonyl (C=O) groups excluding carboxylic acids is 2. The Morgan fingerprint density at radius 2 is 1.75 bits per heavy atom. The van der Waals surface area contributed by atoms with Gasteiger partial charge in [0.15, 0.2) is 0 Å². The number of aromatic nitrogens is 1. The number of fused-ring (bicyclic) bond motifs is 4. The molecular formula is C29H26N4O3. The first-order chi connectivity index (χ1) is 17.6. The zero-order chi connectivity index (χ0) is 24.6. The third-order valence-electron chi connectivity index (χ3n) is 6.90. The molecule has 4 aromatic rings. The molecule has 2 aliphatic rings. The first kappa shape index (κ1) is 22.1. The van der Waals surface area contributed by atoms with Crippen LogP contribution in [0.5, 0.6) is 5.75 Å². The van der Waals surface area contributed by atoms with E-state index in [9.17, 15) is 9.59 Å². The van der Waals surface area contributed by atoms with Crippen LogP contribution in [0.3, 0.4) is 0 Å². The summed E-state index contributed by atoms with van der Waals surface area (Å²) in [4.78, 5) is 32.5. The summed E-state index contributed by atoms with van der Waals surface area (Å²) in [7, 11) is 0. The Bertz CT molecular complexity index is 1460. The number of nitrogens with one attached hydrogen (secondary N) is 1. The van der Waals surface area contributed by atoms with Crippen molar-refractivity contribution in [3.8, 4) is 5.75 Å². The predicted octanol–water partition coefficient (Wildman–Crippen LogP) is 4.29. The molecule has 2 aliphatic heterocycles. The zero-order valence-corrected chi connectivity index (χ0v) is 19.9. The maximum absolute atomic E-state index is 13.7. The number of hydrazone groups is 1. The molecule has 2 atom stereocenters. The van der Waals surface area contributed by atoms with Gasteiger partial charge < -0.3 is 14.6 Å². The lowest BCUT2D eigenvalue weighted by Crippen LogP contribution is -2.61. The van der Waals surface area contributed by atoms with E-state index in [0.717, 1.165) is 39.0 Å². The fourth-order valence-corrected chi connectivity index (χ4v) is 5.28. The minimum Gasteiger partial charge on any atom is -0.494 e. The second-order valence-corrected chi connectivity index (χ2v) is 9.04. The summed E-state index contributed by atoms with van der Waals surface area (Å²) in [6, 6.07) is 24.5. The van der Waals surface area contributed by atoms with Crippen LogP contribution in [-0.2, 0) is 16.0 Å². The fourth-order valence-electron chi connectivity index (χ4n) is 5.28. The van der Waals surface area contributed by atoms with E-state index in [-0.39, 0.29) is 24.4 Å². The number of carbonyl (C=O) groups is 2. The van der Waals surface area contributed by atoms with Crippen molar-refractivity contribution in [3.05, 3.63) is 101 Å². The van der Waals surface area contributed by atoms with Gasteiger partial charge in [-0.15, -0.1) is 0 Å². The van der Waals surface area contributed by atoms with E-state index in [1.165, 1.54) is 5.01 Å². The molecule has 3 heterocycles. The maximum Gasteiger partial charge on any atom is 0.266 e. The van der Waals surface area contributed by atoms with Crippen LogP contribution in [0, 0.1) is 0 Å². The molecule has 1 fully saturated rings. The quantitative estimate of drug-likeness (QED) is 0.435.